The van der Waals surface area contributed by atoms with Crippen molar-refractivity contribution >= 4 is 23.6 Å². The summed E-state index contributed by atoms with van der Waals surface area (Å²) in [5, 5.41) is 2.75. The first-order valence-corrected chi connectivity index (χ1v) is 6.04. The molecule has 0 aliphatic carbocycles. The van der Waals surface area contributed by atoms with Crippen LogP contribution in [0.5, 0.6) is 0 Å². The number of hydrogen-bond acceptors (Lipinski definition) is 2. The third-order valence-electron chi connectivity index (χ3n) is 2.32. The lowest BCUT2D eigenvalue weighted by Crippen LogP contribution is -1.98. The van der Waals surface area contributed by atoms with Gasteiger partial charge in [-0.2, -0.15) is 0 Å². The molecule has 1 aromatic heterocycles. The number of benzene rings is 1. The smallest absolute Gasteiger partial charge is 0.206 e. The Bertz CT molecular complexity index is 524. The van der Waals surface area contributed by atoms with Crippen LogP contribution in [0.15, 0.2) is 55.2 Å². The first-order chi connectivity index (χ1) is 9.19. The molecule has 98 valence electrons. The van der Waals surface area contributed by atoms with Crippen LogP contribution in [0.2, 0.25) is 5.15 Å². The standard InChI is InChI=1S/C13H10ClN.C2H5NO/c1-10(11-5-3-2-4-6-11)12-7-8-13(14)15-9-12;1-3-2-4/h2-9H,1H2;2H,1H3,(H,3,4). The molecule has 0 saturated heterocycles. The lowest BCUT2D eigenvalue weighted by Gasteiger charge is -2.05. The predicted molar refractivity (Wildman–Crippen MR) is 78.9 cm³/mol. The maximum Gasteiger partial charge on any atom is 0.206 e. The maximum absolute atomic E-state index is 9.06. The molecule has 2 rings (SSSR count). The van der Waals surface area contributed by atoms with E-state index in [1.807, 2.05) is 36.4 Å². The number of pyridine rings is 1. The van der Waals surface area contributed by atoms with E-state index in [0.29, 0.717) is 11.6 Å². The van der Waals surface area contributed by atoms with E-state index in [1.165, 1.54) is 0 Å². The topological polar surface area (TPSA) is 42.0 Å². The monoisotopic (exact) mass is 274 g/mol. The van der Waals surface area contributed by atoms with Crippen molar-refractivity contribution in [3.8, 4) is 0 Å². The highest BCUT2D eigenvalue weighted by Gasteiger charge is 2.01. The number of amides is 1. The Morgan fingerprint density at radius 2 is 1.84 bits per heavy atom. The van der Waals surface area contributed by atoms with Crippen LogP contribution in [-0.2, 0) is 4.79 Å². The first kappa shape index (κ1) is 14.9. The Morgan fingerprint density at radius 1 is 1.21 bits per heavy atom. The van der Waals surface area contributed by atoms with Crippen molar-refractivity contribution in [3.05, 3.63) is 71.5 Å². The van der Waals surface area contributed by atoms with Crippen molar-refractivity contribution in [1.82, 2.24) is 10.3 Å². The van der Waals surface area contributed by atoms with E-state index >= 15 is 0 Å². The predicted octanol–water partition coefficient (Wildman–Crippen LogP) is 3.16. The average molecular weight is 275 g/mol. The molecule has 0 fully saturated rings. The molecule has 0 aliphatic heterocycles. The Hall–Kier alpha value is -2.13. The minimum atomic E-state index is 0.500. The van der Waals surface area contributed by atoms with Crippen molar-refractivity contribution in [3.63, 3.8) is 0 Å². The fraction of sp³-hybridized carbons (Fsp3) is 0.0667. The van der Waals surface area contributed by atoms with E-state index in [-0.39, 0.29) is 0 Å². The van der Waals surface area contributed by atoms with Gasteiger partial charge < -0.3 is 5.32 Å². The molecular formula is C15H15ClN2O. The summed E-state index contributed by atoms with van der Waals surface area (Å²) in [6.07, 6.45) is 2.36. The van der Waals surface area contributed by atoms with Crippen molar-refractivity contribution in [1.29, 1.82) is 0 Å². The van der Waals surface area contributed by atoms with E-state index in [1.54, 1.807) is 19.3 Å². The summed E-state index contributed by atoms with van der Waals surface area (Å²) in [5.41, 5.74) is 3.05. The Balaban J connectivity index is 0.000000399. The lowest BCUT2D eigenvalue weighted by molar-refractivity contribution is -0.109. The van der Waals surface area contributed by atoms with Gasteiger partial charge in [0.05, 0.1) is 0 Å². The highest BCUT2D eigenvalue weighted by Crippen LogP contribution is 2.21. The molecule has 19 heavy (non-hydrogen) atoms. The molecule has 1 heterocycles. The Morgan fingerprint density at radius 3 is 2.32 bits per heavy atom. The van der Waals surface area contributed by atoms with Crippen molar-refractivity contribution in [2.24, 2.45) is 0 Å². The number of nitrogens with one attached hydrogen (secondary N) is 1. The normalized spacial score (nSPS) is 8.95. The molecule has 0 atom stereocenters. The van der Waals surface area contributed by atoms with E-state index in [2.05, 4.69) is 16.9 Å². The van der Waals surface area contributed by atoms with Crippen LogP contribution in [0, 0.1) is 0 Å². The van der Waals surface area contributed by atoms with E-state index < -0.39 is 0 Å². The van der Waals surface area contributed by atoms with Gasteiger partial charge in [-0.05, 0) is 23.3 Å². The molecule has 0 unspecified atom stereocenters. The molecule has 0 saturated carbocycles. The summed E-state index contributed by atoms with van der Waals surface area (Å²) in [5.74, 6) is 0. The van der Waals surface area contributed by atoms with Gasteiger partial charge in [-0.1, -0.05) is 48.5 Å². The summed E-state index contributed by atoms with van der Waals surface area (Å²) in [7, 11) is 1.56. The van der Waals surface area contributed by atoms with Gasteiger partial charge in [0, 0.05) is 18.8 Å². The van der Waals surface area contributed by atoms with Gasteiger partial charge in [-0.15, -0.1) is 0 Å². The van der Waals surface area contributed by atoms with Gasteiger partial charge in [0.2, 0.25) is 6.41 Å². The van der Waals surface area contributed by atoms with Gasteiger partial charge in [0.1, 0.15) is 5.15 Å². The average Bonchev–Trinajstić information content (AvgIpc) is 2.48. The zero-order valence-electron chi connectivity index (χ0n) is 10.6. The first-order valence-electron chi connectivity index (χ1n) is 5.66. The summed E-state index contributed by atoms with van der Waals surface area (Å²) in [4.78, 5) is 13.1. The van der Waals surface area contributed by atoms with Crippen LogP contribution in [0.3, 0.4) is 0 Å². The number of carbonyl (C=O) groups is 1. The zero-order valence-corrected chi connectivity index (χ0v) is 11.4. The highest BCUT2D eigenvalue weighted by molar-refractivity contribution is 6.29. The SMILES string of the molecule is C=C(c1ccccc1)c1ccc(Cl)nc1.CNC=O. The fourth-order valence-electron chi connectivity index (χ4n) is 1.36. The van der Waals surface area contributed by atoms with Crippen LogP contribution in [0.1, 0.15) is 11.1 Å². The molecule has 0 radical (unpaired) electrons. The van der Waals surface area contributed by atoms with Gasteiger partial charge in [0.25, 0.3) is 0 Å². The molecule has 1 N–H and O–H groups in total. The maximum atomic E-state index is 9.06. The zero-order chi connectivity index (χ0) is 14.1. The third-order valence-corrected chi connectivity index (χ3v) is 2.54. The summed E-state index contributed by atoms with van der Waals surface area (Å²) < 4.78 is 0. The largest absolute Gasteiger partial charge is 0.362 e. The summed E-state index contributed by atoms with van der Waals surface area (Å²) >= 11 is 5.72. The van der Waals surface area contributed by atoms with Crippen LogP contribution in [0.25, 0.3) is 5.57 Å². The van der Waals surface area contributed by atoms with Gasteiger partial charge in [-0.3, -0.25) is 4.79 Å². The Labute approximate surface area is 117 Å². The van der Waals surface area contributed by atoms with Crippen LogP contribution >= 0.6 is 11.6 Å². The lowest BCUT2D eigenvalue weighted by atomic mass is 10.0. The molecule has 0 spiro atoms. The molecular weight excluding hydrogens is 260 g/mol. The van der Waals surface area contributed by atoms with Crippen molar-refractivity contribution < 1.29 is 4.79 Å². The van der Waals surface area contributed by atoms with Gasteiger partial charge in [-0.25, -0.2) is 4.98 Å². The highest BCUT2D eigenvalue weighted by atomic mass is 35.5. The minimum Gasteiger partial charge on any atom is -0.362 e. The number of hydrogen-bond donors (Lipinski definition) is 1. The number of rotatable bonds is 3. The van der Waals surface area contributed by atoms with Crippen LogP contribution in [0.4, 0.5) is 0 Å². The van der Waals surface area contributed by atoms with Crippen molar-refractivity contribution in [2.75, 3.05) is 7.05 Å². The molecule has 1 aromatic carbocycles. The second-order valence-electron chi connectivity index (χ2n) is 3.62. The second-order valence-corrected chi connectivity index (χ2v) is 4.01. The third kappa shape index (κ3) is 4.94. The van der Waals surface area contributed by atoms with E-state index in [4.69, 9.17) is 16.4 Å². The second kappa shape index (κ2) is 8.06. The summed E-state index contributed by atoms with van der Waals surface area (Å²) in [6, 6.07) is 13.7. The van der Waals surface area contributed by atoms with Crippen LogP contribution < -0.4 is 5.32 Å². The molecule has 4 heteroatoms. The molecule has 1 amide bonds. The Kier molecular flexibility index (Phi) is 6.33. The molecule has 2 aromatic rings. The van der Waals surface area contributed by atoms with Gasteiger partial charge in [0.15, 0.2) is 0 Å². The minimum absolute atomic E-state index is 0.500. The van der Waals surface area contributed by atoms with E-state index in [0.717, 1.165) is 16.7 Å². The van der Waals surface area contributed by atoms with Gasteiger partial charge >= 0.3 is 0 Å². The fourth-order valence-corrected chi connectivity index (χ4v) is 1.47. The number of carbonyl (C=O) groups excluding carboxylic acids is 1. The number of halogens is 1. The molecule has 3 nitrogen and oxygen atoms in total. The molecule has 0 aliphatic rings. The van der Waals surface area contributed by atoms with Crippen molar-refractivity contribution in [2.45, 2.75) is 0 Å². The van der Waals surface area contributed by atoms with Crippen LogP contribution in [-0.4, -0.2) is 18.4 Å². The quantitative estimate of drug-likeness (QED) is 0.690. The molecule has 0 bridgehead atoms. The summed E-state index contributed by atoms with van der Waals surface area (Å²) in [6.45, 7) is 4.04. The number of aromatic nitrogens is 1. The number of nitrogens with zero attached hydrogens (tertiary/aromatic N) is 1. The van der Waals surface area contributed by atoms with E-state index in [9.17, 15) is 0 Å².